The van der Waals surface area contributed by atoms with Crippen LogP contribution < -0.4 is 5.48 Å². The van der Waals surface area contributed by atoms with E-state index < -0.39 is 11.7 Å². The van der Waals surface area contributed by atoms with Crippen molar-refractivity contribution >= 4 is 5.91 Å². The SMILES string of the molecule is Cc1c(F)cccc1CCc1c(CC(=O)NO)cnn1-c1ccccc1F. The molecule has 3 aromatic rings. The molecular formula is C20H19F2N3O2. The number of benzene rings is 2. The standard InChI is InChI=1S/C20H19F2N3O2/c1-13-14(5-4-7-16(13)21)9-10-18-15(11-20(26)24-27)12-23-25(18)19-8-3-2-6-17(19)22/h2-8,12,27H,9-11H2,1H3,(H,24,26). The quantitative estimate of drug-likeness (QED) is 0.516. The summed E-state index contributed by atoms with van der Waals surface area (Å²) in [7, 11) is 0. The van der Waals surface area contributed by atoms with E-state index in [2.05, 4.69) is 5.10 Å². The first-order valence-electron chi connectivity index (χ1n) is 8.49. The Bertz CT molecular complexity index is 970. The molecule has 0 atom stereocenters. The number of aromatic nitrogens is 2. The highest BCUT2D eigenvalue weighted by molar-refractivity contribution is 5.77. The van der Waals surface area contributed by atoms with Gasteiger partial charge in [-0.1, -0.05) is 24.3 Å². The van der Waals surface area contributed by atoms with Gasteiger partial charge in [0, 0.05) is 11.3 Å². The van der Waals surface area contributed by atoms with Crippen molar-refractivity contribution in [2.24, 2.45) is 0 Å². The molecular weight excluding hydrogens is 352 g/mol. The Morgan fingerprint density at radius 1 is 1.07 bits per heavy atom. The zero-order valence-corrected chi connectivity index (χ0v) is 14.7. The Morgan fingerprint density at radius 3 is 2.56 bits per heavy atom. The van der Waals surface area contributed by atoms with Crippen molar-refractivity contribution in [3.05, 3.63) is 82.7 Å². The van der Waals surface area contributed by atoms with Gasteiger partial charge in [-0.3, -0.25) is 10.0 Å². The average Bonchev–Trinajstić information content (AvgIpc) is 3.05. The fraction of sp³-hybridized carbons (Fsp3) is 0.200. The van der Waals surface area contributed by atoms with Crippen LogP contribution in [-0.2, 0) is 24.1 Å². The van der Waals surface area contributed by atoms with Gasteiger partial charge in [0.1, 0.15) is 17.3 Å². The minimum atomic E-state index is -0.591. The third-order valence-corrected chi connectivity index (χ3v) is 4.52. The van der Waals surface area contributed by atoms with Crippen LogP contribution in [0, 0.1) is 18.6 Å². The van der Waals surface area contributed by atoms with Crippen molar-refractivity contribution in [3.63, 3.8) is 0 Å². The Kier molecular flexibility index (Phi) is 5.61. The van der Waals surface area contributed by atoms with Gasteiger partial charge in [-0.2, -0.15) is 5.10 Å². The van der Waals surface area contributed by atoms with Gasteiger partial charge in [0.25, 0.3) is 0 Å². The Morgan fingerprint density at radius 2 is 1.81 bits per heavy atom. The summed E-state index contributed by atoms with van der Waals surface area (Å²) < 4.78 is 29.5. The predicted molar refractivity (Wildman–Crippen MR) is 95.7 cm³/mol. The fourth-order valence-electron chi connectivity index (χ4n) is 3.04. The fourth-order valence-corrected chi connectivity index (χ4v) is 3.04. The van der Waals surface area contributed by atoms with Crippen LogP contribution in [0.1, 0.15) is 22.4 Å². The van der Waals surface area contributed by atoms with Crippen molar-refractivity contribution in [1.82, 2.24) is 15.3 Å². The Balaban J connectivity index is 1.97. The van der Waals surface area contributed by atoms with Crippen molar-refractivity contribution in [2.45, 2.75) is 26.2 Å². The van der Waals surface area contributed by atoms with Gasteiger partial charge in [0.2, 0.25) is 5.91 Å². The van der Waals surface area contributed by atoms with Gasteiger partial charge >= 0.3 is 0 Å². The van der Waals surface area contributed by atoms with Crippen LogP contribution in [0.3, 0.4) is 0 Å². The van der Waals surface area contributed by atoms with Crippen LogP contribution in [0.2, 0.25) is 0 Å². The predicted octanol–water partition coefficient (Wildman–Crippen LogP) is 3.29. The molecule has 1 aromatic heterocycles. The summed E-state index contributed by atoms with van der Waals surface area (Å²) in [5, 5.41) is 13.0. The Hall–Kier alpha value is -3.06. The van der Waals surface area contributed by atoms with E-state index in [9.17, 15) is 13.6 Å². The maximum atomic E-state index is 14.2. The summed E-state index contributed by atoms with van der Waals surface area (Å²) in [5.74, 6) is -1.32. The van der Waals surface area contributed by atoms with Crippen molar-refractivity contribution in [2.75, 3.05) is 0 Å². The van der Waals surface area contributed by atoms with Crippen LogP contribution in [0.15, 0.2) is 48.7 Å². The summed E-state index contributed by atoms with van der Waals surface area (Å²) >= 11 is 0. The first-order valence-corrected chi connectivity index (χ1v) is 8.49. The molecule has 7 heteroatoms. The zero-order chi connectivity index (χ0) is 19.4. The second-order valence-electron chi connectivity index (χ2n) is 6.22. The molecule has 5 nitrogen and oxygen atoms in total. The molecule has 0 aliphatic heterocycles. The van der Waals surface area contributed by atoms with Crippen LogP contribution in [0.4, 0.5) is 8.78 Å². The van der Waals surface area contributed by atoms with E-state index in [0.29, 0.717) is 29.7 Å². The average molecular weight is 371 g/mol. The highest BCUT2D eigenvalue weighted by Gasteiger charge is 2.17. The van der Waals surface area contributed by atoms with Crippen LogP contribution >= 0.6 is 0 Å². The normalized spacial score (nSPS) is 10.8. The Labute approximate surface area is 155 Å². The highest BCUT2D eigenvalue weighted by Crippen LogP contribution is 2.21. The third-order valence-electron chi connectivity index (χ3n) is 4.52. The first kappa shape index (κ1) is 18.7. The van der Waals surface area contributed by atoms with Gasteiger partial charge in [-0.05, 0) is 49.1 Å². The van der Waals surface area contributed by atoms with Gasteiger partial charge < -0.3 is 0 Å². The molecule has 140 valence electrons. The lowest BCUT2D eigenvalue weighted by molar-refractivity contribution is -0.128. The molecule has 0 aliphatic carbocycles. The number of nitrogens with zero attached hydrogens (tertiary/aromatic N) is 2. The maximum absolute atomic E-state index is 14.2. The third kappa shape index (κ3) is 4.03. The number of carbonyl (C=O) groups is 1. The van der Waals surface area contributed by atoms with E-state index in [0.717, 1.165) is 5.56 Å². The van der Waals surface area contributed by atoms with E-state index in [4.69, 9.17) is 5.21 Å². The van der Waals surface area contributed by atoms with Crippen LogP contribution in [0.5, 0.6) is 0 Å². The molecule has 1 amide bonds. The summed E-state index contributed by atoms with van der Waals surface area (Å²) in [4.78, 5) is 11.6. The van der Waals surface area contributed by atoms with E-state index in [1.807, 2.05) is 6.07 Å². The van der Waals surface area contributed by atoms with Crippen molar-refractivity contribution in [1.29, 1.82) is 0 Å². The molecule has 0 fully saturated rings. The number of carbonyl (C=O) groups excluding carboxylic acids is 1. The minimum absolute atomic E-state index is 0.0948. The molecule has 0 unspecified atom stereocenters. The second-order valence-corrected chi connectivity index (χ2v) is 6.22. The van der Waals surface area contributed by atoms with Crippen molar-refractivity contribution < 1.29 is 18.8 Å². The van der Waals surface area contributed by atoms with E-state index >= 15 is 0 Å². The van der Waals surface area contributed by atoms with E-state index in [1.54, 1.807) is 36.7 Å². The number of para-hydroxylation sites is 1. The molecule has 0 saturated heterocycles. The maximum Gasteiger partial charge on any atom is 0.247 e. The number of halogens is 2. The summed E-state index contributed by atoms with van der Waals surface area (Å²) in [5.41, 5.74) is 4.44. The van der Waals surface area contributed by atoms with Gasteiger partial charge in [0.15, 0.2) is 0 Å². The molecule has 0 aliphatic rings. The number of amides is 1. The molecule has 27 heavy (non-hydrogen) atoms. The summed E-state index contributed by atoms with van der Waals surface area (Å²) in [6, 6.07) is 11.1. The lowest BCUT2D eigenvalue weighted by Crippen LogP contribution is -2.21. The largest absolute Gasteiger partial charge is 0.289 e. The molecule has 2 N–H and O–H groups in total. The van der Waals surface area contributed by atoms with Gasteiger partial charge in [0.05, 0.1) is 12.6 Å². The van der Waals surface area contributed by atoms with E-state index in [-0.39, 0.29) is 17.9 Å². The minimum Gasteiger partial charge on any atom is -0.289 e. The van der Waals surface area contributed by atoms with Crippen molar-refractivity contribution in [3.8, 4) is 5.69 Å². The molecule has 0 bridgehead atoms. The summed E-state index contributed by atoms with van der Waals surface area (Å²) in [6.45, 7) is 1.71. The summed E-state index contributed by atoms with van der Waals surface area (Å²) in [6.07, 6.45) is 2.31. The number of hydrogen-bond donors (Lipinski definition) is 2. The number of hydroxylamine groups is 1. The number of rotatable bonds is 6. The molecule has 0 radical (unpaired) electrons. The molecule has 3 rings (SSSR count). The molecule has 2 aromatic carbocycles. The molecule has 1 heterocycles. The topological polar surface area (TPSA) is 67.2 Å². The van der Waals surface area contributed by atoms with Gasteiger partial charge in [-0.25, -0.2) is 18.9 Å². The smallest absolute Gasteiger partial charge is 0.247 e. The highest BCUT2D eigenvalue weighted by atomic mass is 19.1. The molecule has 0 spiro atoms. The number of aryl methyl sites for hydroxylation is 1. The lowest BCUT2D eigenvalue weighted by Gasteiger charge is -2.12. The number of nitrogens with one attached hydrogen (secondary N) is 1. The first-order chi connectivity index (χ1) is 13.0. The van der Waals surface area contributed by atoms with Crippen LogP contribution in [0.25, 0.3) is 5.69 Å². The second kappa shape index (κ2) is 8.09. The monoisotopic (exact) mass is 371 g/mol. The lowest BCUT2D eigenvalue weighted by atomic mass is 10.0. The van der Waals surface area contributed by atoms with Gasteiger partial charge in [-0.15, -0.1) is 0 Å². The van der Waals surface area contributed by atoms with E-state index in [1.165, 1.54) is 23.0 Å². The van der Waals surface area contributed by atoms with Crippen LogP contribution in [-0.4, -0.2) is 20.9 Å². The number of hydrogen-bond acceptors (Lipinski definition) is 3. The zero-order valence-electron chi connectivity index (χ0n) is 14.7. The molecule has 0 saturated carbocycles.